The maximum absolute atomic E-state index is 10.4. The highest BCUT2D eigenvalue weighted by molar-refractivity contribution is 7.12. The molecule has 2 rings (SSSR count). The van der Waals surface area contributed by atoms with Gasteiger partial charge in [-0.1, -0.05) is 17.7 Å². The summed E-state index contributed by atoms with van der Waals surface area (Å²) in [6.07, 6.45) is 2.72. The fourth-order valence-electron chi connectivity index (χ4n) is 1.50. The second kappa shape index (κ2) is 6.20. The summed E-state index contributed by atoms with van der Waals surface area (Å²) in [5.41, 5.74) is 1.20. The molecule has 98 valence electrons. The lowest BCUT2D eigenvalue weighted by atomic mass is 10.2. The van der Waals surface area contributed by atoms with Crippen LogP contribution in [0, 0.1) is 6.92 Å². The quantitative estimate of drug-likeness (QED) is 0.845. The van der Waals surface area contributed by atoms with Crippen LogP contribution >= 0.6 is 11.3 Å². The monoisotopic (exact) mass is 274 g/mol. The summed E-state index contributed by atoms with van der Waals surface area (Å²) in [7, 11) is 0. The number of thiophene rings is 1. The number of rotatable bonds is 5. The maximum Gasteiger partial charge on any atom is 0.328 e. The molecule has 3 nitrogen and oxygen atoms in total. The van der Waals surface area contributed by atoms with Gasteiger partial charge in [0.1, 0.15) is 12.4 Å². The van der Waals surface area contributed by atoms with Crippen LogP contribution in [0.5, 0.6) is 5.75 Å². The molecule has 0 atom stereocenters. The standard InChI is InChI=1S/C15H14O3S/c1-11-2-4-12(5-3-11)18-10-14-7-6-13(19-14)8-9-15(16)17/h2-9H,10H2,1H3,(H,16,17). The molecule has 0 aliphatic heterocycles. The summed E-state index contributed by atoms with van der Waals surface area (Å²) in [5.74, 6) is -0.104. The number of aliphatic carboxylic acids is 1. The van der Waals surface area contributed by atoms with Crippen molar-refractivity contribution in [3.05, 3.63) is 57.8 Å². The number of carboxylic acid groups (broad SMARTS) is 1. The molecule has 19 heavy (non-hydrogen) atoms. The summed E-state index contributed by atoms with van der Waals surface area (Å²) < 4.78 is 5.66. The Bertz CT molecular complexity index is 582. The van der Waals surface area contributed by atoms with Crippen LogP contribution in [0.1, 0.15) is 15.3 Å². The topological polar surface area (TPSA) is 46.5 Å². The molecular formula is C15H14O3S. The molecule has 4 heteroatoms. The van der Waals surface area contributed by atoms with Crippen molar-refractivity contribution in [1.82, 2.24) is 0 Å². The summed E-state index contributed by atoms with van der Waals surface area (Å²) in [5, 5.41) is 8.55. The van der Waals surface area contributed by atoms with Crippen molar-refractivity contribution in [1.29, 1.82) is 0 Å². The van der Waals surface area contributed by atoms with Crippen molar-refractivity contribution in [2.75, 3.05) is 0 Å². The molecule has 0 amide bonds. The third kappa shape index (κ3) is 4.26. The number of hydrogen-bond donors (Lipinski definition) is 1. The molecule has 0 aliphatic rings. The van der Waals surface area contributed by atoms with Crippen LogP contribution in [0.2, 0.25) is 0 Å². The molecule has 1 heterocycles. The van der Waals surface area contributed by atoms with E-state index in [0.717, 1.165) is 21.6 Å². The average Bonchev–Trinajstić information content (AvgIpc) is 2.84. The predicted octanol–water partition coefficient (Wildman–Crippen LogP) is 3.73. The van der Waals surface area contributed by atoms with Gasteiger partial charge in [-0.2, -0.15) is 0 Å². The van der Waals surface area contributed by atoms with Crippen LogP contribution in [0.4, 0.5) is 0 Å². The minimum Gasteiger partial charge on any atom is -0.488 e. The van der Waals surface area contributed by atoms with Gasteiger partial charge in [-0.3, -0.25) is 0 Å². The Hall–Kier alpha value is -2.07. The highest BCUT2D eigenvalue weighted by atomic mass is 32.1. The Labute approximate surface area is 115 Å². The fourth-order valence-corrected chi connectivity index (χ4v) is 2.33. The van der Waals surface area contributed by atoms with Crippen molar-refractivity contribution < 1.29 is 14.6 Å². The highest BCUT2D eigenvalue weighted by Gasteiger charge is 2.00. The molecule has 1 aromatic carbocycles. The number of benzene rings is 1. The predicted molar refractivity (Wildman–Crippen MR) is 76.5 cm³/mol. The number of hydrogen-bond acceptors (Lipinski definition) is 3. The van der Waals surface area contributed by atoms with Gasteiger partial charge in [0.15, 0.2) is 0 Å². The van der Waals surface area contributed by atoms with Crippen molar-refractivity contribution >= 4 is 23.4 Å². The van der Waals surface area contributed by atoms with E-state index in [9.17, 15) is 4.79 Å². The van der Waals surface area contributed by atoms with Gasteiger partial charge >= 0.3 is 5.97 Å². The van der Waals surface area contributed by atoms with E-state index in [1.807, 2.05) is 43.3 Å². The smallest absolute Gasteiger partial charge is 0.328 e. The van der Waals surface area contributed by atoms with Crippen molar-refractivity contribution in [3.8, 4) is 5.75 Å². The van der Waals surface area contributed by atoms with Crippen LogP contribution in [-0.2, 0) is 11.4 Å². The largest absolute Gasteiger partial charge is 0.488 e. The van der Waals surface area contributed by atoms with Crippen LogP contribution < -0.4 is 4.74 Å². The van der Waals surface area contributed by atoms with Gasteiger partial charge in [0.05, 0.1) is 0 Å². The summed E-state index contributed by atoms with van der Waals surface area (Å²) >= 11 is 1.52. The van der Waals surface area contributed by atoms with Crippen molar-refractivity contribution in [3.63, 3.8) is 0 Å². The number of carboxylic acids is 1. The van der Waals surface area contributed by atoms with Crippen molar-refractivity contribution in [2.45, 2.75) is 13.5 Å². The van der Waals surface area contributed by atoms with E-state index in [4.69, 9.17) is 9.84 Å². The maximum atomic E-state index is 10.4. The second-order valence-electron chi connectivity index (χ2n) is 4.08. The normalized spacial score (nSPS) is 10.8. The molecule has 0 bridgehead atoms. The van der Waals surface area contributed by atoms with Gasteiger partial charge in [0, 0.05) is 15.8 Å². The molecule has 1 N–H and O–H groups in total. The van der Waals surface area contributed by atoms with Gasteiger partial charge < -0.3 is 9.84 Å². The number of ether oxygens (including phenoxy) is 1. The number of aryl methyl sites for hydroxylation is 1. The molecule has 0 saturated heterocycles. The average molecular weight is 274 g/mol. The van der Waals surface area contributed by atoms with Crippen LogP contribution in [0.3, 0.4) is 0 Å². The zero-order valence-electron chi connectivity index (χ0n) is 10.5. The fraction of sp³-hybridized carbons (Fsp3) is 0.133. The molecule has 0 fully saturated rings. The lowest BCUT2D eigenvalue weighted by Gasteiger charge is -2.04. The first kappa shape index (κ1) is 13.4. The molecular weight excluding hydrogens is 260 g/mol. The van der Waals surface area contributed by atoms with Gasteiger partial charge in [-0.15, -0.1) is 11.3 Å². The highest BCUT2D eigenvalue weighted by Crippen LogP contribution is 2.20. The Morgan fingerprint density at radius 1 is 1.26 bits per heavy atom. The van der Waals surface area contributed by atoms with E-state index in [-0.39, 0.29) is 0 Å². The van der Waals surface area contributed by atoms with Crippen LogP contribution in [0.25, 0.3) is 6.08 Å². The molecule has 1 aromatic heterocycles. The minimum atomic E-state index is -0.939. The lowest BCUT2D eigenvalue weighted by Crippen LogP contribution is -1.92. The first-order chi connectivity index (χ1) is 9.13. The zero-order chi connectivity index (χ0) is 13.7. The molecule has 2 aromatic rings. The summed E-state index contributed by atoms with van der Waals surface area (Å²) in [6, 6.07) is 11.7. The third-order valence-corrected chi connectivity index (χ3v) is 3.50. The van der Waals surface area contributed by atoms with Gasteiger partial charge in [-0.25, -0.2) is 4.79 Å². The van der Waals surface area contributed by atoms with E-state index in [1.165, 1.54) is 16.9 Å². The Morgan fingerprint density at radius 2 is 2.00 bits per heavy atom. The SMILES string of the molecule is Cc1ccc(OCc2ccc(C=CC(=O)O)s2)cc1. The molecule has 0 radical (unpaired) electrons. The van der Waals surface area contributed by atoms with Crippen molar-refractivity contribution in [2.24, 2.45) is 0 Å². The molecule has 0 aliphatic carbocycles. The van der Waals surface area contributed by atoms with E-state index >= 15 is 0 Å². The Balaban J connectivity index is 1.93. The molecule has 0 spiro atoms. The van der Waals surface area contributed by atoms with E-state index in [2.05, 4.69) is 0 Å². The van der Waals surface area contributed by atoms with E-state index < -0.39 is 5.97 Å². The van der Waals surface area contributed by atoms with E-state index in [1.54, 1.807) is 6.08 Å². The van der Waals surface area contributed by atoms with Crippen LogP contribution in [0.15, 0.2) is 42.5 Å². The molecule has 0 unspecified atom stereocenters. The van der Waals surface area contributed by atoms with Gasteiger partial charge in [0.2, 0.25) is 0 Å². The Kier molecular flexibility index (Phi) is 4.36. The summed E-state index contributed by atoms with van der Waals surface area (Å²) in [4.78, 5) is 12.4. The molecule has 0 saturated carbocycles. The Morgan fingerprint density at radius 3 is 2.68 bits per heavy atom. The minimum absolute atomic E-state index is 0.495. The van der Waals surface area contributed by atoms with E-state index in [0.29, 0.717) is 6.61 Å². The van der Waals surface area contributed by atoms with Gasteiger partial charge in [0.25, 0.3) is 0 Å². The third-order valence-electron chi connectivity index (χ3n) is 2.47. The zero-order valence-corrected chi connectivity index (χ0v) is 11.3. The number of carbonyl (C=O) groups is 1. The lowest BCUT2D eigenvalue weighted by molar-refractivity contribution is -0.131. The van der Waals surface area contributed by atoms with Gasteiger partial charge in [-0.05, 0) is 37.3 Å². The second-order valence-corrected chi connectivity index (χ2v) is 5.28. The van der Waals surface area contributed by atoms with Crippen LogP contribution in [-0.4, -0.2) is 11.1 Å². The first-order valence-corrected chi connectivity index (χ1v) is 6.64. The summed E-state index contributed by atoms with van der Waals surface area (Å²) in [6.45, 7) is 2.53. The first-order valence-electron chi connectivity index (χ1n) is 5.83.